The Balaban J connectivity index is 1.39. The third kappa shape index (κ3) is 3.48. The largest absolute Gasteiger partial charge is 0.485 e. The van der Waals surface area contributed by atoms with Crippen molar-refractivity contribution in [2.75, 3.05) is 6.54 Å². The third-order valence-corrected chi connectivity index (χ3v) is 5.89. The van der Waals surface area contributed by atoms with Gasteiger partial charge >= 0.3 is 0 Å². The second-order valence-electron chi connectivity index (χ2n) is 7.84. The number of aryl methyl sites for hydroxylation is 1. The highest BCUT2D eigenvalue weighted by Gasteiger charge is 2.40. The van der Waals surface area contributed by atoms with Gasteiger partial charge in [-0.3, -0.25) is 14.3 Å². The van der Waals surface area contributed by atoms with Crippen molar-refractivity contribution < 1.29 is 14.3 Å². The van der Waals surface area contributed by atoms with Gasteiger partial charge in [-0.25, -0.2) is 0 Å². The van der Waals surface area contributed by atoms with Gasteiger partial charge in [0, 0.05) is 17.9 Å². The number of hydrogen-bond acceptors (Lipinski definition) is 4. The number of hydrogen-bond donors (Lipinski definition) is 2. The smallest absolute Gasteiger partial charge is 0.255 e. The molecule has 0 radical (unpaired) electrons. The van der Waals surface area contributed by atoms with E-state index in [1.807, 2.05) is 38.1 Å². The van der Waals surface area contributed by atoms with Gasteiger partial charge in [-0.2, -0.15) is 5.10 Å². The van der Waals surface area contributed by atoms with E-state index in [0.717, 1.165) is 31.4 Å². The fourth-order valence-electron chi connectivity index (χ4n) is 4.13. The molecule has 28 heavy (non-hydrogen) atoms. The van der Waals surface area contributed by atoms with Crippen LogP contribution in [-0.4, -0.2) is 39.8 Å². The lowest BCUT2D eigenvalue weighted by molar-refractivity contribution is -0.125. The molecule has 2 aliphatic rings. The highest BCUT2D eigenvalue weighted by Crippen LogP contribution is 2.36. The van der Waals surface area contributed by atoms with E-state index in [0.29, 0.717) is 17.9 Å². The van der Waals surface area contributed by atoms with Gasteiger partial charge in [-0.15, -0.1) is 0 Å². The molecule has 0 bridgehead atoms. The van der Waals surface area contributed by atoms with Crippen LogP contribution in [0.15, 0.2) is 36.5 Å². The van der Waals surface area contributed by atoms with E-state index in [4.69, 9.17) is 4.74 Å². The highest BCUT2D eigenvalue weighted by molar-refractivity contribution is 5.97. The van der Waals surface area contributed by atoms with Crippen LogP contribution < -0.4 is 15.4 Å². The van der Waals surface area contributed by atoms with Crippen LogP contribution in [0.1, 0.15) is 54.7 Å². The molecular formula is C21H26N4O3. The number of benzene rings is 1. The molecule has 0 saturated heterocycles. The van der Waals surface area contributed by atoms with Crippen molar-refractivity contribution in [2.24, 2.45) is 0 Å². The summed E-state index contributed by atoms with van der Waals surface area (Å²) < 4.78 is 8.06. The third-order valence-electron chi connectivity index (χ3n) is 5.89. The topological polar surface area (TPSA) is 85.3 Å². The van der Waals surface area contributed by atoms with Crippen molar-refractivity contribution >= 4 is 11.8 Å². The van der Waals surface area contributed by atoms with Crippen molar-refractivity contribution in [1.29, 1.82) is 0 Å². The monoisotopic (exact) mass is 382 g/mol. The number of carbonyl (C=O) groups is 2. The first-order chi connectivity index (χ1) is 13.5. The van der Waals surface area contributed by atoms with Gasteiger partial charge in [0.25, 0.3) is 5.91 Å². The number of ether oxygens (including phenoxy) is 1. The minimum absolute atomic E-state index is 0.0202. The molecule has 1 aromatic carbocycles. The zero-order valence-electron chi connectivity index (χ0n) is 16.3. The minimum atomic E-state index is -0.409. The van der Waals surface area contributed by atoms with Crippen LogP contribution in [0.5, 0.6) is 5.75 Å². The summed E-state index contributed by atoms with van der Waals surface area (Å²) in [6, 6.07) is 9.02. The second kappa shape index (κ2) is 7.30. The van der Waals surface area contributed by atoms with E-state index in [1.54, 1.807) is 16.9 Å². The van der Waals surface area contributed by atoms with Crippen LogP contribution in [0, 0.1) is 6.92 Å². The van der Waals surface area contributed by atoms with E-state index < -0.39 is 5.60 Å². The van der Waals surface area contributed by atoms with E-state index in [1.165, 1.54) is 0 Å². The van der Waals surface area contributed by atoms with Gasteiger partial charge in [0.1, 0.15) is 17.4 Å². The van der Waals surface area contributed by atoms with Crippen molar-refractivity contribution in [3.8, 4) is 5.75 Å². The maximum Gasteiger partial charge on any atom is 0.255 e. The number of nitrogens with zero attached hydrogens (tertiary/aromatic N) is 2. The van der Waals surface area contributed by atoms with Crippen LogP contribution in [0.2, 0.25) is 0 Å². The van der Waals surface area contributed by atoms with E-state index >= 15 is 0 Å². The molecule has 1 aromatic heterocycles. The lowest BCUT2D eigenvalue weighted by atomic mass is 9.81. The molecule has 7 nitrogen and oxygen atoms in total. The van der Waals surface area contributed by atoms with E-state index in [-0.39, 0.29) is 23.9 Å². The average Bonchev–Trinajstić information content (AvgIpc) is 3.08. The maximum atomic E-state index is 12.6. The SMILES string of the molecule is Cc1ccnn1[C@@H](C)C(=O)NC1CCC2(CC1)CNC(=O)c1ccccc1O2. The molecule has 2 heterocycles. The van der Waals surface area contributed by atoms with Crippen molar-refractivity contribution in [1.82, 2.24) is 20.4 Å². The Hall–Kier alpha value is -2.83. The Kier molecular flexibility index (Phi) is 4.83. The van der Waals surface area contributed by atoms with E-state index in [2.05, 4.69) is 15.7 Å². The first-order valence-corrected chi connectivity index (χ1v) is 9.84. The summed E-state index contributed by atoms with van der Waals surface area (Å²) in [7, 11) is 0. The lowest BCUT2D eigenvalue weighted by Gasteiger charge is -2.39. The highest BCUT2D eigenvalue weighted by atomic mass is 16.5. The Morgan fingerprint density at radius 2 is 2.07 bits per heavy atom. The molecule has 2 amide bonds. The Labute approximate surface area is 164 Å². The molecule has 1 fully saturated rings. The van der Waals surface area contributed by atoms with Crippen molar-refractivity contribution in [2.45, 2.75) is 57.2 Å². The predicted octanol–water partition coefficient (Wildman–Crippen LogP) is 2.37. The Morgan fingerprint density at radius 3 is 2.79 bits per heavy atom. The molecule has 1 aliphatic heterocycles. The summed E-state index contributed by atoms with van der Waals surface area (Å²) in [6.45, 7) is 4.29. The number of fused-ring (bicyclic) bond motifs is 1. The molecule has 1 atom stereocenters. The molecule has 4 rings (SSSR count). The number of amides is 2. The summed E-state index contributed by atoms with van der Waals surface area (Å²) in [4.78, 5) is 24.9. The molecule has 1 spiro atoms. The van der Waals surface area contributed by atoms with Gasteiger partial charge in [-0.1, -0.05) is 12.1 Å². The van der Waals surface area contributed by atoms with Gasteiger partial charge in [-0.05, 0) is 57.7 Å². The van der Waals surface area contributed by atoms with Crippen LogP contribution in [0.4, 0.5) is 0 Å². The van der Waals surface area contributed by atoms with Crippen LogP contribution >= 0.6 is 0 Å². The first kappa shape index (κ1) is 18.5. The summed E-state index contributed by atoms with van der Waals surface area (Å²) in [5, 5.41) is 10.4. The summed E-state index contributed by atoms with van der Waals surface area (Å²) in [6.07, 6.45) is 4.89. The normalized spacial score (nSPS) is 25.2. The van der Waals surface area contributed by atoms with Crippen molar-refractivity contribution in [3.05, 3.63) is 47.8 Å². The van der Waals surface area contributed by atoms with Gasteiger partial charge in [0.2, 0.25) is 5.91 Å². The number of rotatable bonds is 3. The maximum absolute atomic E-state index is 12.6. The van der Waals surface area contributed by atoms with Gasteiger partial charge < -0.3 is 15.4 Å². The number of para-hydroxylation sites is 1. The average molecular weight is 382 g/mol. The van der Waals surface area contributed by atoms with Crippen LogP contribution in [0.25, 0.3) is 0 Å². The molecule has 2 aromatic rings. The Bertz CT molecular complexity index is 883. The molecule has 148 valence electrons. The fourth-order valence-corrected chi connectivity index (χ4v) is 4.13. The van der Waals surface area contributed by atoms with Crippen molar-refractivity contribution in [3.63, 3.8) is 0 Å². The predicted molar refractivity (Wildman–Crippen MR) is 104 cm³/mol. The molecular weight excluding hydrogens is 356 g/mol. The number of carbonyl (C=O) groups excluding carboxylic acids is 2. The molecule has 1 aliphatic carbocycles. The van der Waals surface area contributed by atoms with Crippen LogP contribution in [0.3, 0.4) is 0 Å². The summed E-state index contributed by atoms with van der Waals surface area (Å²) in [5.41, 5.74) is 1.14. The van der Waals surface area contributed by atoms with Gasteiger partial charge in [0.05, 0.1) is 12.1 Å². The standard InChI is InChI=1S/C21H26N4O3/c1-14-9-12-23-25(14)15(2)19(26)24-16-7-10-21(11-8-16)13-22-20(27)17-5-3-4-6-18(17)28-21/h3-6,9,12,15-16H,7-8,10-11,13H2,1-2H3,(H,22,27)(H,24,26)/t15-,16?,21?/m0/s1. The molecule has 2 N–H and O–H groups in total. The minimum Gasteiger partial charge on any atom is -0.485 e. The fraction of sp³-hybridized carbons (Fsp3) is 0.476. The number of aromatic nitrogens is 2. The van der Waals surface area contributed by atoms with Gasteiger partial charge in [0.15, 0.2) is 0 Å². The van der Waals surface area contributed by atoms with E-state index in [9.17, 15) is 9.59 Å². The number of nitrogens with one attached hydrogen (secondary N) is 2. The van der Waals surface area contributed by atoms with Crippen LogP contribution in [-0.2, 0) is 4.79 Å². The molecule has 1 saturated carbocycles. The lowest BCUT2D eigenvalue weighted by Crippen LogP contribution is -2.51. The Morgan fingerprint density at radius 1 is 1.32 bits per heavy atom. The first-order valence-electron chi connectivity index (χ1n) is 9.84. The molecule has 0 unspecified atom stereocenters. The summed E-state index contributed by atoms with van der Waals surface area (Å²) >= 11 is 0. The molecule has 7 heteroatoms. The quantitative estimate of drug-likeness (QED) is 0.853. The zero-order chi connectivity index (χ0) is 19.7. The zero-order valence-corrected chi connectivity index (χ0v) is 16.3. The summed E-state index contributed by atoms with van der Waals surface area (Å²) in [5.74, 6) is 0.530. The second-order valence-corrected chi connectivity index (χ2v) is 7.84.